The van der Waals surface area contributed by atoms with Crippen molar-refractivity contribution in [2.75, 3.05) is 12.9 Å². The van der Waals surface area contributed by atoms with E-state index in [0.29, 0.717) is 28.6 Å². The predicted molar refractivity (Wildman–Crippen MR) is 133 cm³/mol. The van der Waals surface area contributed by atoms with Crippen LogP contribution in [0.15, 0.2) is 58.5 Å². The number of benzene rings is 2. The van der Waals surface area contributed by atoms with Crippen LogP contribution in [-0.4, -0.2) is 44.0 Å². The van der Waals surface area contributed by atoms with Crippen LogP contribution in [0.2, 0.25) is 0 Å². The molecule has 0 bridgehead atoms. The number of carbonyl (C=O) groups is 1. The summed E-state index contributed by atoms with van der Waals surface area (Å²) in [6, 6.07) is 15.3. The smallest absolute Gasteiger partial charge is 0.263 e. The largest absolute Gasteiger partial charge is 0.496 e. The van der Waals surface area contributed by atoms with E-state index in [0.717, 1.165) is 23.9 Å². The first-order chi connectivity index (χ1) is 16.7. The van der Waals surface area contributed by atoms with Crippen LogP contribution in [0.4, 0.5) is 0 Å². The Morgan fingerprint density at radius 2 is 1.85 bits per heavy atom. The lowest BCUT2D eigenvalue weighted by Gasteiger charge is -2.22. The maximum Gasteiger partial charge on any atom is 0.263 e. The maximum absolute atomic E-state index is 13.4. The molecule has 1 saturated carbocycles. The first kappa shape index (κ1) is 22.5. The Balaban J connectivity index is 1.50. The fourth-order valence-corrected chi connectivity index (χ4v) is 5.37. The summed E-state index contributed by atoms with van der Waals surface area (Å²) in [6.07, 6.45) is 5.68. The van der Waals surface area contributed by atoms with Crippen LogP contribution < -0.4 is 15.6 Å². The summed E-state index contributed by atoms with van der Waals surface area (Å²) in [7, 11) is 1.61. The van der Waals surface area contributed by atoms with E-state index in [4.69, 9.17) is 4.74 Å². The maximum atomic E-state index is 13.4. The Labute approximate surface area is 201 Å². The number of rotatable bonds is 7. The third kappa shape index (κ3) is 4.40. The van der Waals surface area contributed by atoms with Gasteiger partial charge in [-0.15, -0.1) is 10.2 Å². The number of amides is 1. The number of fused-ring (bicyclic) bond motifs is 3. The van der Waals surface area contributed by atoms with Crippen LogP contribution in [0.25, 0.3) is 16.7 Å². The normalized spacial score (nSPS) is 14.5. The molecule has 1 aliphatic rings. The van der Waals surface area contributed by atoms with Crippen molar-refractivity contribution >= 4 is 34.3 Å². The molecule has 9 heteroatoms. The van der Waals surface area contributed by atoms with E-state index < -0.39 is 0 Å². The number of ether oxygens (including phenoxy) is 1. The van der Waals surface area contributed by atoms with E-state index in [1.54, 1.807) is 17.7 Å². The Bertz CT molecular complexity index is 1390. The number of methoxy groups -OCH3 is 1. The van der Waals surface area contributed by atoms with Crippen molar-refractivity contribution in [3.8, 4) is 5.75 Å². The molecule has 1 fully saturated rings. The lowest BCUT2D eigenvalue weighted by Crippen LogP contribution is -2.37. The summed E-state index contributed by atoms with van der Waals surface area (Å²) in [6.45, 7) is 0.294. The number of thioether (sulfide) groups is 1. The highest BCUT2D eigenvalue weighted by molar-refractivity contribution is 7.99. The minimum atomic E-state index is -0.145. The molecule has 176 valence electrons. The lowest BCUT2D eigenvalue weighted by molar-refractivity contribution is -0.119. The summed E-state index contributed by atoms with van der Waals surface area (Å²) in [5, 5.41) is 13.0. The zero-order chi connectivity index (χ0) is 23.5. The van der Waals surface area contributed by atoms with Gasteiger partial charge in [0.05, 0.1) is 30.3 Å². The average Bonchev–Trinajstić information content (AvgIpc) is 3.30. The molecule has 1 aliphatic carbocycles. The van der Waals surface area contributed by atoms with Crippen molar-refractivity contribution in [2.24, 2.45) is 0 Å². The van der Waals surface area contributed by atoms with Gasteiger partial charge >= 0.3 is 0 Å². The van der Waals surface area contributed by atoms with Crippen LogP contribution in [0.5, 0.6) is 5.75 Å². The lowest BCUT2D eigenvalue weighted by atomic mass is 9.95. The van der Waals surface area contributed by atoms with Gasteiger partial charge in [0.15, 0.2) is 5.16 Å². The van der Waals surface area contributed by atoms with Gasteiger partial charge in [0, 0.05) is 11.6 Å². The van der Waals surface area contributed by atoms with Gasteiger partial charge in [-0.1, -0.05) is 61.4 Å². The minimum absolute atomic E-state index is 0.000277. The highest BCUT2D eigenvalue weighted by atomic mass is 32.2. The third-order valence-electron chi connectivity index (χ3n) is 6.30. The molecule has 4 aromatic rings. The molecular weight excluding hydrogens is 450 g/mol. The third-order valence-corrected chi connectivity index (χ3v) is 7.23. The van der Waals surface area contributed by atoms with E-state index in [1.165, 1.54) is 31.0 Å². The fraction of sp³-hybridized carbons (Fsp3) is 0.360. The molecule has 0 unspecified atom stereocenters. The molecule has 5 rings (SSSR count). The Morgan fingerprint density at radius 1 is 1.09 bits per heavy atom. The number of nitrogens with zero attached hydrogens (tertiary/aromatic N) is 4. The Hall–Kier alpha value is -3.33. The molecule has 0 saturated heterocycles. The molecule has 2 aromatic heterocycles. The van der Waals surface area contributed by atoms with Gasteiger partial charge in [0.2, 0.25) is 11.7 Å². The molecule has 1 amide bonds. The van der Waals surface area contributed by atoms with Gasteiger partial charge in [-0.05, 0) is 31.0 Å². The number of para-hydroxylation sites is 2. The molecular formula is C25H27N5O3S. The van der Waals surface area contributed by atoms with Crippen LogP contribution in [0, 0.1) is 0 Å². The van der Waals surface area contributed by atoms with Gasteiger partial charge in [0.1, 0.15) is 5.75 Å². The van der Waals surface area contributed by atoms with Crippen molar-refractivity contribution < 1.29 is 9.53 Å². The van der Waals surface area contributed by atoms with Gasteiger partial charge in [0.25, 0.3) is 5.56 Å². The number of carbonyl (C=O) groups excluding carboxylic acids is 1. The molecule has 2 aromatic carbocycles. The van der Waals surface area contributed by atoms with Gasteiger partial charge < -0.3 is 10.1 Å². The molecule has 0 aliphatic heterocycles. The molecule has 0 radical (unpaired) electrons. The van der Waals surface area contributed by atoms with Crippen molar-refractivity contribution in [2.45, 2.75) is 49.8 Å². The van der Waals surface area contributed by atoms with E-state index >= 15 is 0 Å². The van der Waals surface area contributed by atoms with Crippen molar-refractivity contribution in [3.63, 3.8) is 0 Å². The molecule has 0 spiro atoms. The van der Waals surface area contributed by atoms with Gasteiger partial charge in [-0.2, -0.15) is 0 Å². The first-order valence-electron chi connectivity index (χ1n) is 11.6. The quantitative estimate of drug-likeness (QED) is 0.409. The van der Waals surface area contributed by atoms with E-state index in [1.807, 2.05) is 46.9 Å². The summed E-state index contributed by atoms with van der Waals surface area (Å²) in [5.41, 5.74) is 1.44. The topological polar surface area (TPSA) is 90.5 Å². The fourth-order valence-electron chi connectivity index (χ4n) is 4.62. The average molecular weight is 478 g/mol. The molecule has 8 nitrogen and oxygen atoms in total. The zero-order valence-electron chi connectivity index (χ0n) is 19.1. The summed E-state index contributed by atoms with van der Waals surface area (Å²) in [4.78, 5) is 26.0. The number of hydrogen-bond acceptors (Lipinski definition) is 6. The van der Waals surface area contributed by atoms with E-state index in [2.05, 4.69) is 15.5 Å². The molecule has 0 atom stereocenters. The van der Waals surface area contributed by atoms with Crippen LogP contribution in [0.3, 0.4) is 0 Å². The standard InChI is InChI=1S/C25H27N5O3S/c1-33-21-14-8-5-9-17(21)15-29-23(32)19-12-6-7-13-20(19)30-24(29)27-28-25(30)34-16-22(31)26-18-10-3-2-4-11-18/h5-9,12-14,18H,2-4,10-11,15-16H2,1H3,(H,26,31). The highest BCUT2D eigenvalue weighted by Crippen LogP contribution is 2.24. The molecule has 1 N–H and O–H groups in total. The minimum Gasteiger partial charge on any atom is -0.496 e. The van der Waals surface area contributed by atoms with Crippen LogP contribution in [0.1, 0.15) is 37.7 Å². The van der Waals surface area contributed by atoms with Crippen molar-refractivity contribution in [1.82, 2.24) is 24.5 Å². The monoisotopic (exact) mass is 477 g/mol. The second-order valence-corrected chi connectivity index (χ2v) is 9.47. The second kappa shape index (κ2) is 9.89. The number of aromatic nitrogens is 4. The highest BCUT2D eigenvalue weighted by Gasteiger charge is 2.20. The predicted octanol–water partition coefficient (Wildman–Crippen LogP) is 3.64. The van der Waals surface area contributed by atoms with Gasteiger partial charge in [-0.25, -0.2) is 0 Å². The van der Waals surface area contributed by atoms with E-state index in [-0.39, 0.29) is 23.3 Å². The van der Waals surface area contributed by atoms with Crippen molar-refractivity contribution in [1.29, 1.82) is 0 Å². The number of nitrogens with one attached hydrogen (secondary N) is 1. The van der Waals surface area contributed by atoms with Gasteiger partial charge in [-0.3, -0.25) is 18.6 Å². The summed E-state index contributed by atoms with van der Waals surface area (Å²) < 4.78 is 8.96. The molecule has 34 heavy (non-hydrogen) atoms. The van der Waals surface area contributed by atoms with Crippen LogP contribution >= 0.6 is 11.8 Å². The second-order valence-electron chi connectivity index (χ2n) is 8.53. The van der Waals surface area contributed by atoms with Crippen LogP contribution in [-0.2, 0) is 11.3 Å². The SMILES string of the molecule is COc1ccccc1Cn1c(=O)c2ccccc2n2c(SCC(=O)NC3CCCCC3)nnc12. The molecule has 2 heterocycles. The Morgan fingerprint density at radius 3 is 2.68 bits per heavy atom. The summed E-state index contributed by atoms with van der Waals surface area (Å²) >= 11 is 1.33. The Kier molecular flexibility index (Phi) is 6.53. The number of hydrogen-bond donors (Lipinski definition) is 1. The summed E-state index contributed by atoms with van der Waals surface area (Å²) in [5.74, 6) is 1.39. The van der Waals surface area contributed by atoms with E-state index in [9.17, 15) is 9.59 Å². The van der Waals surface area contributed by atoms with Crippen molar-refractivity contribution in [3.05, 3.63) is 64.4 Å². The zero-order valence-corrected chi connectivity index (χ0v) is 19.9. The first-order valence-corrected chi connectivity index (χ1v) is 12.5.